The van der Waals surface area contributed by atoms with Crippen LogP contribution in [0.3, 0.4) is 0 Å². The van der Waals surface area contributed by atoms with Crippen LogP contribution in [-0.4, -0.2) is 29.2 Å². The number of carbonyl (C=O) groups is 1. The maximum absolute atomic E-state index is 12.5. The molecule has 1 atom stereocenters. The van der Waals surface area contributed by atoms with Crippen molar-refractivity contribution in [3.05, 3.63) is 90.0 Å². The van der Waals surface area contributed by atoms with Gasteiger partial charge in [-0.15, -0.1) is 11.6 Å². The zero-order valence-electron chi connectivity index (χ0n) is 14.8. The highest BCUT2D eigenvalue weighted by atomic mass is 35.5. The highest BCUT2D eigenvalue weighted by Crippen LogP contribution is 2.24. The lowest BCUT2D eigenvalue weighted by Crippen LogP contribution is -2.33. The fourth-order valence-corrected chi connectivity index (χ4v) is 2.96. The van der Waals surface area contributed by atoms with Crippen LogP contribution in [0.1, 0.15) is 22.3 Å². The molecule has 0 unspecified atom stereocenters. The molecule has 0 bridgehead atoms. The van der Waals surface area contributed by atoms with Crippen LogP contribution in [0, 0.1) is 0 Å². The zero-order valence-corrected chi connectivity index (χ0v) is 15.6. The van der Waals surface area contributed by atoms with Gasteiger partial charge in [-0.3, -0.25) is 0 Å². The second-order valence-electron chi connectivity index (χ2n) is 6.43. The topological polar surface area (TPSA) is 46.5 Å². The number of benzene rings is 3. The van der Waals surface area contributed by atoms with E-state index in [-0.39, 0.29) is 13.2 Å². The molecule has 0 fully saturated rings. The average Bonchev–Trinajstić information content (AvgIpc) is 2.72. The van der Waals surface area contributed by atoms with Gasteiger partial charge in [0.15, 0.2) is 0 Å². The summed E-state index contributed by atoms with van der Waals surface area (Å²) in [6.45, 7) is -0.372. The summed E-state index contributed by atoms with van der Waals surface area (Å²) in [5.74, 6) is -0.447. The minimum absolute atomic E-state index is 0.0771. The molecule has 0 aliphatic carbocycles. The van der Waals surface area contributed by atoms with Crippen molar-refractivity contribution in [3.8, 4) is 0 Å². The SMILES string of the molecule is O=C(OC[C@](Cl)(CO)C/C=C/c1ccccc1)c1cccc2ccccc12. The van der Waals surface area contributed by atoms with E-state index in [1.807, 2.05) is 78.9 Å². The molecule has 138 valence electrons. The second kappa shape index (κ2) is 8.85. The fraction of sp³-hybridized carbons (Fsp3) is 0.174. The van der Waals surface area contributed by atoms with Gasteiger partial charge in [0.2, 0.25) is 0 Å². The third kappa shape index (κ3) is 4.97. The number of alkyl halides is 1. The monoisotopic (exact) mass is 380 g/mol. The molecule has 27 heavy (non-hydrogen) atoms. The average molecular weight is 381 g/mol. The van der Waals surface area contributed by atoms with Gasteiger partial charge >= 0.3 is 5.97 Å². The summed E-state index contributed by atoms with van der Waals surface area (Å²) >= 11 is 6.46. The minimum Gasteiger partial charge on any atom is -0.460 e. The smallest absolute Gasteiger partial charge is 0.338 e. The molecule has 3 nitrogen and oxygen atoms in total. The lowest BCUT2D eigenvalue weighted by Gasteiger charge is -2.22. The molecule has 3 aromatic rings. The van der Waals surface area contributed by atoms with Crippen molar-refractivity contribution in [1.29, 1.82) is 0 Å². The molecule has 3 aromatic carbocycles. The Morgan fingerprint density at radius 2 is 1.70 bits per heavy atom. The first-order valence-corrected chi connectivity index (χ1v) is 9.15. The van der Waals surface area contributed by atoms with Gasteiger partial charge in [0.1, 0.15) is 11.5 Å². The van der Waals surface area contributed by atoms with Gasteiger partial charge in [0.05, 0.1) is 12.2 Å². The van der Waals surface area contributed by atoms with E-state index in [9.17, 15) is 9.90 Å². The van der Waals surface area contributed by atoms with Gasteiger partial charge < -0.3 is 9.84 Å². The van der Waals surface area contributed by atoms with E-state index in [4.69, 9.17) is 16.3 Å². The summed E-state index contributed by atoms with van der Waals surface area (Å²) in [6.07, 6.45) is 4.19. The predicted molar refractivity (Wildman–Crippen MR) is 110 cm³/mol. The Balaban J connectivity index is 1.65. The van der Waals surface area contributed by atoms with Crippen molar-refractivity contribution in [1.82, 2.24) is 0 Å². The van der Waals surface area contributed by atoms with E-state index in [0.29, 0.717) is 12.0 Å². The van der Waals surface area contributed by atoms with Crippen molar-refractivity contribution in [3.63, 3.8) is 0 Å². The molecule has 0 heterocycles. The number of hydrogen-bond acceptors (Lipinski definition) is 3. The van der Waals surface area contributed by atoms with Gasteiger partial charge in [-0.2, -0.15) is 0 Å². The van der Waals surface area contributed by atoms with Crippen LogP contribution in [0.5, 0.6) is 0 Å². The molecular formula is C23H21ClO3. The van der Waals surface area contributed by atoms with Crippen LogP contribution < -0.4 is 0 Å². The number of rotatable bonds is 7. The minimum atomic E-state index is -1.05. The Morgan fingerprint density at radius 3 is 2.48 bits per heavy atom. The first-order valence-electron chi connectivity index (χ1n) is 8.78. The summed E-state index contributed by atoms with van der Waals surface area (Å²) < 4.78 is 5.43. The van der Waals surface area contributed by atoms with E-state index in [2.05, 4.69) is 0 Å². The molecule has 0 saturated heterocycles. The van der Waals surface area contributed by atoms with Gasteiger partial charge in [-0.05, 0) is 28.8 Å². The molecule has 0 aromatic heterocycles. The van der Waals surface area contributed by atoms with Crippen LogP contribution >= 0.6 is 11.6 Å². The maximum atomic E-state index is 12.5. The van der Waals surface area contributed by atoms with E-state index >= 15 is 0 Å². The Hall–Kier alpha value is -2.62. The van der Waals surface area contributed by atoms with E-state index < -0.39 is 10.8 Å². The fourth-order valence-electron chi connectivity index (χ4n) is 2.82. The first-order chi connectivity index (χ1) is 13.1. The Bertz CT molecular complexity index is 931. The molecule has 0 radical (unpaired) electrons. The van der Waals surface area contributed by atoms with Gasteiger partial charge in [-0.25, -0.2) is 4.79 Å². The van der Waals surface area contributed by atoms with Crippen molar-refractivity contribution in [2.24, 2.45) is 0 Å². The van der Waals surface area contributed by atoms with Gasteiger partial charge in [0.25, 0.3) is 0 Å². The number of aliphatic hydroxyl groups is 1. The largest absolute Gasteiger partial charge is 0.460 e. The standard InChI is InChI=1S/C23H21ClO3/c24-23(16-25,15-7-10-18-8-2-1-3-9-18)17-27-22(26)21-14-6-12-19-11-4-5-13-20(19)21/h1-14,25H,15-17H2/b10-7+/t23-/m1/s1. The summed E-state index contributed by atoms with van der Waals surface area (Å²) in [4.78, 5) is 11.5. The van der Waals surface area contributed by atoms with Crippen LogP contribution in [0.4, 0.5) is 0 Å². The summed E-state index contributed by atoms with van der Waals surface area (Å²) in [5.41, 5.74) is 1.53. The van der Waals surface area contributed by atoms with Crippen molar-refractivity contribution < 1.29 is 14.6 Å². The summed E-state index contributed by atoms with van der Waals surface area (Å²) in [5, 5.41) is 11.5. The molecule has 0 aliphatic rings. The number of allylic oxidation sites excluding steroid dienone is 1. The normalized spacial score (nSPS) is 13.6. The lowest BCUT2D eigenvalue weighted by molar-refractivity contribution is 0.0423. The zero-order chi connectivity index (χ0) is 19.1. The number of hydrogen-bond donors (Lipinski definition) is 1. The molecule has 0 aliphatic heterocycles. The van der Waals surface area contributed by atoms with Crippen LogP contribution in [-0.2, 0) is 4.74 Å². The molecular weight excluding hydrogens is 360 g/mol. The quantitative estimate of drug-likeness (QED) is 0.459. The first kappa shape index (κ1) is 19.2. The Labute approximate surface area is 163 Å². The lowest BCUT2D eigenvalue weighted by atomic mass is 10.0. The number of ether oxygens (including phenoxy) is 1. The summed E-state index contributed by atoms with van der Waals surface area (Å²) in [7, 11) is 0. The van der Waals surface area contributed by atoms with Crippen molar-refractivity contribution in [2.75, 3.05) is 13.2 Å². The molecule has 0 amide bonds. The summed E-state index contributed by atoms with van der Waals surface area (Å²) in [6, 6.07) is 22.9. The predicted octanol–water partition coefficient (Wildman–Crippen LogP) is 5.07. The number of halogens is 1. The van der Waals surface area contributed by atoms with Crippen molar-refractivity contribution >= 4 is 34.4 Å². The molecule has 3 rings (SSSR count). The maximum Gasteiger partial charge on any atom is 0.338 e. The molecule has 0 saturated carbocycles. The third-order valence-corrected chi connectivity index (χ3v) is 4.73. The van der Waals surface area contributed by atoms with Crippen LogP contribution in [0.15, 0.2) is 78.9 Å². The highest BCUT2D eigenvalue weighted by molar-refractivity contribution is 6.24. The third-order valence-electron chi connectivity index (χ3n) is 4.35. The van der Waals surface area contributed by atoms with Crippen molar-refractivity contribution in [2.45, 2.75) is 11.3 Å². The van der Waals surface area contributed by atoms with E-state index in [1.54, 1.807) is 6.07 Å². The van der Waals surface area contributed by atoms with Gasteiger partial charge in [-0.1, -0.05) is 78.9 Å². The van der Waals surface area contributed by atoms with E-state index in [0.717, 1.165) is 16.3 Å². The second-order valence-corrected chi connectivity index (χ2v) is 7.23. The molecule has 4 heteroatoms. The number of carbonyl (C=O) groups excluding carboxylic acids is 1. The Morgan fingerprint density at radius 1 is 1.00 bits per heavy atom. The molecule has 1 N–H and O–H groups in total. The number of esters is 1. The Kier molecular flexibility index (Phi) is 6.28. The van der Waals surface area contributed by atoms with Crippen LogP contribution in [0.2, 0.25) is 0 Å². The number of aliphatic hydroxyl groups excluding tert-OH is 1. The number of fused-ring (bicyclic) bond motifs is 1. The van der Waals surface area contributed by atoms with Crippen LogP contribution in [0.25, 0.3) is 16.8 Å². The molecule has 0 spiro atoms. The highest BCUT2D eigenvalue weighted by Gasteiger charge is 2.28. The van der Waals surface area contributed by atoms with E-state index in [1.165, 1.54) is 0 Å². The van der Waals surface area contributed by atoms with Gasteiger partial charge in [0, 0.05) is 0 Å².